The van der Waals surface area contributed by atoms with Gasteiger partial charge in [-0.2, -0.15) is 0 Å². The van der Waals surface area contributed by atoms with Crippen molar-refractivity contribution in [1.29, 1.82) is 5.41 Å². The maximum Gasteiger partial charge on any atom is 0.311 e. The number of amidine groups is 1. The number of hydrogen-bond acceptors (Lipinski definition) is 5. The highest BCUT2D eigenvalue weighted by atomic mass is 32.1. The Balaban J connectivity index is 1.46. The molecular weight excluding hydrogens is 414 g/mol. The Hall–Kier alpha value is -3.39. The summed E-state index contributed by atoms with van der Waals surface area (Å²) in [5.41, 5.74) is 6.92. The zero-order valence-corrected chi connectivity index (χ0v) is 17.6. The predicted molar refractivity (Wildman–Crippen MR) is 120 cm³/mol. The van der Waals surface area contributed by atoms with E-state index in [-0.39, 0.29) is 17.8 Å². The molecule has 2 atom stereocenters. The van der Waals surface area contributed by atoms with Crippen LogP contribution in [0.3, 0.4) is 0 Å². The first kappa shape index (κ1) is 20.9. The second kappa shape index (κ2) is 8.77. The van der Waals surface area contributed by atoms with Crippen LogP contribution in [-0.2, 0) is 16.0 Å². The Morgan fingerprint density at radius 3 is 2.68 bits per heavy atom. The molecule has 1 unspecified atom stereocenters. The van der Waals surface area contributed by atoms with Gasteiger partial charge in [-0.15, -0.1) is 11.3 Å². The van der Waals surface area contributed by atoms with E-state index in [1.54, 1.807) is 41.7 Å². The number of nitrogens with two attached hydrogens (primary N) is 1. The van der Waals surface area contributed by atoms with Crippen LogP contribution >= 0.6 is 11.3 Å². The van der Waals surface area contributed by atoms with Gasteiger partial charge in [-0.05, 0) is 60.2 Å². The number of carbonyl (C=O) groups is 2. The Bertz CT molecular complexity index is 1140. The maximum absolute atomic E-state index is 12.0. The van der Waals surface area contributed by atoms with Crippen LogP contribution in [0.2, 0.25) is 0 Å². The third-order valence-electron chi connectivity index (χ3n) is 5.40. The molecule has 4 rings (SSSR count). The van der Waals surface area contributed by atoms with Gasteiger partial charge in [0.15, 0.2) is 0 Å². The monoisotopic (exact) mass is 437 g/mol. The summed E-state index contributed by atoms with van der Waals surface area (Å²) in [6, 6.07) is 14.7. The van der Waals surface area contributed by atoms with Crippen molar-refractivity contribution in [3.63, 3.8) is 0 Å². The smallest absolute Gasteiger partial charge is 0.311 e. The predicted octanol–water partition coefficient (Wildman–Crippen LogP) is 3.25. The van der Waals surface area contributed by atoms with Crippen LogP contribution in [0.1, 0.15) is 34.8 Å². The van der Waals surface area contributed by atoms with Gasteiger partial charge in [-0.1, -0.05) is 12.1 Å². The fraction of sp³-hybridized carbons (Fsp3) is 0.261. The minimum absolute atomic E-state index is 0.00989. The first-order valence-electron chi connectivity index (χ1n) is 10.0. The highest BCUT2D eigenvalue weighted by molar-refractivity contribution is 7.19. The Labute approximate surface area is 183 Å². The highest BCUT2D eigenvalue weighted by Crippen LogP contribution is 2.31. The van der Waals surface area contributed by atoms with Crippen LogP contribution in [0.5, 0.6) is 5.75 Å². The lowest BCUT2D eigenvalue weighted by atomic mass is 9.95. The fourth-order valence-corrected chi connectivity index (χ4v) is 4.80. The highest BCUT2D eigenvalue weighted by Gasteiger charge is 2.23. The van der Waals surface area contributed by atoms with Gasteiger partial charge in [0.2, 0.25) is 5.91 Å². The molecule has 1 aromatic heterocycles. The fourth-order valence-electron chi connectivity index (χ4n) is 3.71. The first-order chi connectivity index (χ1) is 14.9. The van der Waals surface area contributed by atoms with E-state index in [1.165, 1.54) is 0 Å². The number of thiophene rings is 1. The van der Waals surface area contributed by atoms with E-state index in [9.17, 15) is 14.7 Å². The summed E-state index contributed by atoms with van der Waals surface area (Å²) < 4.78 is 6.77. The molecule has 5 N–H and O–H groups in total. The van der Waals surface area contributed by atoms with E-state index in [1.807, 2.05) is 18.2 Å². The van der Waals surface area contributed by atoms with Crippen LogP contribution in [0.4, 0.5) is 0 Å². The lowest BCUT2D eigenvalue weighted by Gasteiger charge is -2.14. The maximum atomic E-state index is 12.0. The van der Waals surface area contributed by atoms with Gasteiger partial charge in [-0.25, -0.2) is 0 Å². The molecule has 2 aromatic carbocycles. The molecule has 1 aliphatic rings. The summed E-state index contributed by atoms with van der Waals surface area (Å²) in [4.78, 5) is 24.2. The van der Waals surface area contributed by atoms with Crippen molar-refractivity contribution in [1.82, 2.24) is 5.32 Å². The molecule has 0 radical (unpaired) electrons. The van der Waals surface area contributed by atoms with Crippen LogP contribution in [0, 0.1) is 5.41 Å². The Morgan fingerprint density at radius 2 is 2.03 bits per heavy atom. The number of carboxylic acid groups (broad SMARTS) is 1. The summed E-state index contributed by atoms with van der Waals surface area (Å²) in [5, 5.41) is 21.2. The number of rotatable bonds is 8. The zero-order chi connectivity index (χ0) is 22.0. The SMILES string of the molecule is N=C(N)c1ccc2sc(CC(C(=O)O)c3ccc(OC[C@@H]4CCC(=O)N4)cc3)cc2c1. The van der Waals surface area contributed by atoms with E-state index in [4.69, 9.17) is 15.9 Å². The summed E-state index contributed by atoms with van der Waals surface area (Å²) in [5.74, 6) is -0.858. The first-order valence-corrected chi connectivity index (χ1v) is 10.8. The molecule has 0 bridgehead atoms. The molecule has 0 saturated carbocycles. The van der Waals surface area contributed by atoms with Gasteiger partial charge in [-0.3, -0.25) is 15.0 Å². The lowest BCUT2D eigenvalue weighted by molar-refractivity contribution is -0.138. The lowest BCUT2D eigenvalue weighted by Crippen LogP contribution is -2.30. The van der Waals surface area contributed by atoms with Crippen molar-refractivity contribution in [3.05, 3.63) is 64.5 Å². The molecule has 8 heteroatoms. The quantitative estimate of drug-likeness (QED) is 0.318. The summed E-state index contributed by atoms with van der Waals surface area (Å²) >= 11 is 1.55. The van der Waals surface area contributed by atoms with Crippen molar-refractivity contribution < 1.29 is 19.4 Å². The minimum atomic E-state index is -0.885. The van der Waals surface area contributed by atoms with Crippen LogP contribution in [0.15, 0.2) is 48.5 Å². The standard InChI is InChI=1S/C23H23N3O4S/c24-22(25)14-3-7-20-15(9-14)10-18(31-20)11-19(23(28)29)13-1-5-17(6-2-13)30-12-16-4-8-21(27)26-16/h1-3,5-7,9-10,16,19H,4,8,11-12H2,(H3,24,25)(H,26,27)(H,28,29)/t16-,19?/m0/s1. The molecule has 31 heavy (non-hydrogen) atoms. The van der Waals surface area contributed by atoms with E-state index in [2.05, 4.69) is 5.32 Å². The molecule has 1 amide bonds. The molecular formula is C23H23N3O4S. The van der Waals surface area contributed by atoms with Crippen LogP contribution < -0.4 is 15.8 Å². The number of carbonyl (C=O) groups excluding carboxylic acids is 1. The average molecular weight is 438 g/mol. The van der Waals surface area contributed by atoms with E-state index in [0.29, 0.717) is 36.3 Å². The van der Waals surface area contributed by atoms with Gasteiger partial charge in [0.25, 0.3) is 0 Å². The number of nitrogen functional groups attached to an aromatic ring is 1. The van der Waals surface area contributed by atoms with Gasteiger partial charge in [0, 0.05) is 21.6 Å². The third kappa shape index (κ3) is 4.86. The van der Waals surface area contributed by atoms with Gasteiger partial charge < -0.3 is 20.9 Å². The molecule has 0 spiro atoms. The van der Waals surface area contributed by atoms with Crippen molar-refractivity contribution in [2.24, 2.45) is 5.73 Å². The minimum Gasteiger partial charge on any atom is -0.491 e. The Kier molecular flexibility index (Phi) is 5.90. The number of ether oxygens (including phenoxy) is 1. The van der Waals surface area contributed by atoms with Gasteiger partial charge >= 0.3 is 5.97 Å². The molecule has 1 saturated heterocycles. The number of carboxylic acids is 1. The summed E-state index contributed by atoms with van der Waals surface area (Å²) in [6.07, 6.45) is 1.67. The number of hydrogen-bond donors (Lipinski definition) is 4. The molecule has 0 aliphatic carbocycles. The number of benzene rings is 2. The van der Waals surface area contributed by atoms with Crippen molar-refractivity contribution in [3.8, 4) is 5.75 Å². The van der Waals surface area contributed by atoms with E-state index in [0.717, 1.165) is 21.4 Å². The van der Waals surface area contributed by atoms with Crippen molar-refractivity contribution in [2.75, 3.05) is 6.61 Å². The molecule has 1 fully saturated rings. The normalized spacial score (nSPS) is 16.8. The summed E-state index contributed by atoms with van der Waals surface area (Å²) in [7, 11) is 0. The van der Waals surface area contributed by atoms with Crippen molar-refractivity contribution >= 4 is 39.1 Å². The topological polar surface area (TPSA) is 126 Å². The second-order valence-corrected chi connectivity index (χ2v) is 8.83. The molecule has 2 heterocycles. The molecule has 7 nitrogen and oxygen atoms in total. The van der Waals surface area contributed by atoms with Crippen LogP contribution in [-0.4, -0.2) is 35.5 Å². The number of nitrogens with one attached hydrogen (secondary N) is 2. The number of aliphatic carboxylic acids is 1. The molecule has 1 aliphatic heterocycles. The van der Waals surface area contributed by atoms with Gasteiger partial charge in [0.1, 0.15) is 18.2 Å². The van der Waals surface area contributed by atoms with E-state index >= 15 is 0 Å². The average Bonchev–Trinajstić information content (AvgIpc) is 3.35. The number of amides is 1. The third-order valence-corrected chi connectivity index (χ3v) is 6.54. The van der Waals surface area contributed by atoms with Gasteiger partial charge in [0.05, 0.1) is 12.0 Å². The van der Waals surface area contributed by atoms with E-state index < -0.39 is 11.9 Å². The second-order valence-electron chi connectivity index (χ2n) is 7.66. The number of fused-ring (bicyclic) bond motifs is 1. The molecule has 160 valence electrons. The largest absolute Gasteiger partial charge is 0.491 e. The summed E-state index contributed by atoms with van der Waals surface area (Å²) in [6.45, 7) is 0.400. The zero-order valence-electron chi connectivity index (χ0n) is 16.8. The van der Waals surface area contributed by atoms with Crippen molar-refractivity contribution in [2.45, 2.75) is 31.2 Å². The van der Waals surface area contributed by atoms with Crippen LogP contribution in [0.25, 0.3) is 10.1 Å². The Morgan fingerprint density at radius 1 is 1.26 bits per heavy atom. The molecule has 3 aromatic rings.